The molecule has 4 aromatic rings. The van der Waals surface area contributed by atoms with Crippen molar-refractivity contribution in [2.75, 3.05) is 0 Å². The van der Waals surface area contributed by atoms with Crippen molar-refractivity contribution in [3.63, 3.8) is 0 Å². The van der Waals surface area contributed by atoms with Gasteiger partial charge in [-0.25, -0.2) is 4.79 Å². The number of nitro groups is 1. The number of rotatable bonds is 8. The van der Waals surface area contributed by atoms with E-state index < -0.39 is 10.9 Å². The summed E-state index contributed by atoms with van der Waals surface area (Å²) in [7, 11) is 0. The minimum Gasteiger partial charge on any atom is -0.478 e. The molecule has 0 aliphatic heterocycles. The van der Waals surface area contributed by atoms with Crippen LogP contribution in [0.3, 0.4) is 0 Å². The van der Waals surface area contributed by atoms with E-state index in [1.165, 1.54) is 12.1 Å². The van der Waals surface area contributed by atoms with E-state index in [9.17, 15) is 24.8 Å². The van der Waals surface area contributed by atoms with Crippen molar-refractivity contribution in [3.05, 3.63) is 128 Å². The lowest BCUT2D eigenvalue weighted by molar-refractivity contribution is -0.384. The van der Waals surface area contributed by atoms with E-state index in [-0.39, 0.29) is 23.7 Å². The summed E-state index contributed by atoms with van der Waals surface area (Å²) in [6.07, 6.45) is 6.23. The molecule has 0 fully saturated rings. The second-order valence-electron chi connectivity index (χ2n) is 9.95. The first-order valence-electron chi connectivity index (χ1n) is 13.1. The summed E-state index contributed by atoms with van der Waals surface area (Å²) in [6, 6.07) is 18.9. The number of aromatic carboxylic acids is 1. The maximum absolute atomic E-state index is 12.9. The molecular formula is C32H29N3O5. The third-order valence-corrected chi connectivity index (χ3v) is 7.50. The van der Waals surface area contributed by atoms with Crippen molar-refractivity contribution < 1.29 is 19.6 Å². The fourth-order valence-corrected chi connectivity index (χ4v) is 5.18. The first kappa shape index (κ1) is 26.6. The molecule has 2 N–H and O–H groups in total. The Morgan fingerprint density at radius 3 is 2.45 bits per heavy atom. The Kier molecular flexibility index (Phi) is 7.33. The van der Waals surface area contributed by atoms with Crippen LogP contribution in [-0.4, -0.2) is 26.5 Å². The second-order valence-corrected chi connectivity index (χ2v) is 9.95. The van der Waals surface area contributed by atoms with Crippen LogP contribution in [0.1, 0.15) is 55.9 Å². The van der Waals surface area contributed by atoms with Gasteiger partial charge in [0.25, 0.3) is 11.6 Å². The van der Waals surface area contributed by atoms with Crippen LogP contribution in [0.25, 0.3) is 16.5 Å². The van der Waals surface area contributed by atoms with Gasteiger partial charge in [-0.05, 0) is 84.9 Å². The molecule has 1 heterocycles. The number of fused-ring (bicyclic) bond motifs is 1. The average Bonchev–Trinajstić information content (AvgIpc) is 3.20. The summed E-state index contributed by atoms with van der Waals surface area (Å²) in [5.74, 6) is -1.16. The largest absolute Gasteiger partial charge is 0.478 e. The highest BCUT2D eigenvalue weighted by Gasteiger charge is 2.18. The summed E-state index contributed by atoms with van der Waals surface area (Å²) in [4.78, 5) is 34.9. The van der Waals surface area contributed by atoms with Crippen LogP contribution in [0.4, 0.5) is 5.69 Å². The van der Waals surface area contributed by atoms with Gasteiger partial charge in [0, 0.05) is 47.4 Å². The molecule has 3 aromatic carbocycles. The van der Waals surface area contributed by atoms with Crippen molar-refractivity contribution >= 4 is 34.0 Å². The van der Waals surface area contributed by atoms with E-state index in [2.05, 4.69) is 35.9 Å². The van der Waals surface area contributed by atoms with Crippen LogP contribution in [-0.2, 0) is 13.1 Å². The van der Waals surface area contributed by atoms with Crippen LogP contribution >= 0.6 is 0 Å². The zero-order chi connectivity index (χ0) is 28.4. The highest BCUT2D eigenvalue weighted by molar-refractivity contribution is 5.99. The number of amides is 1. The van der Waals surface area contributed by atoms with Crippen LogP contribution in [0.2, 0.25) is 0 Å². The molecule has 0 bridgehead atoms. The Hall–Kier alpha value is -4.98. The van der Waals surface area contributed by atoms with E-state index in [1.807, 2.05) is 24.3 Å². The molecule has 202 valence electrons. The number of nitrogens with zero attached hydrogens (tertiary/aromatic N) is 2. The molecule has 0 unspecified atom stereocenters. The van der Waals surface area contributed by atoms with Gasteiger partial charge in [0.2, 0.25) is 0 Å². The molecule has 0 saturated heterocycles. The molecule has 40 heavy (non-hydrogen) atoms. The van der Waals surface area contributed by atoms with E-state index >= 15 is 0 Å². The van der Waals surface area contributed by atoms with Gasteiger partial charge in [-0.15, -0.1) is 0 Å². The predicted molar refractivity (Wildman–Crippen MR) is 154 cm³/mol. The number of nitro benzene ring substituents is 1. The summed E-state index contributed by atoms with van der Waals surface area (Å²) < 4.78 is 2.25. The van der Waals surface area contributed by atoms with Gasteiger partial charge < -0.3 is 15.0 Å². The topological polar surface area (TPSA) is 114 Å². The third kappa shape index (κ3) is 5.29. The number of nitrogens with one attached hydrogen (secondary N) is 1. The number of hydrogen-bond donors (Lipinski definition) is 2. The van der Waals surface area contributed by atoms with Crippen molar-refractivity contribution in [1.82, 2.24) is 9.88 Å². The maximum Gasteiger partial charge on any atom is 0.335 e. The van der Waals surface area contributed by atoms with Gasteiger partial charge in [-0.2, -0.15) is 0 Å². The molecule has 0 atom stereocenters. The number of aromatic nitrogens is 1. The van der Waals surface area contributed by atoms with Gasteiger partial charge in [0.15, 0.2) is 0 Å². The number of carbonyl (C=O) groups excluding carboxylic acids is 1. The monoisotopic (exact) mass is 535 g/mol. The van der Waals surface area contributed by atoms with Crippen LogP contribution < -0.4 is 5.32 Å². The SMILES string of the molecule is Cc1c(C)n(CC2=CCCC=C2c2cccc(C(=O)O)c2)c2ccc(C(=O)NCc3ccc([N+](=O)[O-])cc3)cc12. The van der Waals surface area contributed by atoms with Crippen LogP contribution in [0, 0.1) is 24.0 Å². The van der Waals surface area contributed by atoms with Crippen molar-refractivity contribution in [1.29, 1.82) is 0 Å². The molecule has 0 radical (unpaired) electrons. The van der Waals surface area contributed by atoms with E-state index in [4.69, 9.17) is 0 Å². The summed E-state index contributed by atoms with van der Waals surface area (Å²) >= 11 is 0. The van der Waals surface area contributed by atoms with E-state index in [0.717, 1.165) is 57.3 Å². The number of carboxylic acids is 1. The van der Waals surface area contributed by atoms with Gasteiger partial charge in [0.05, 0.1) is 10.5 Å². The Morgan fingerprint density at radius 1 is 0.975 bits per heavy atom. The number of benzene rings is 3. The Labute approximate surface area is 231 Å². The minimum atomic E-state index is -0.945. The standard InChI is InChI=1S/C32H29N3O5/c1-20-21(2)34(19-26-6-3-4-9-28(26)23-7-5-8-25(16-23)32(37)38)30-15-12-24(17-29(20)30)31(36)33-18-22-10-13-27(14-11-22)35(39)40/h5-17H,3-4,18-19H2,1-2H3,(H,33,36)(H,37,38). The maximum atomic E-state index is 12.9. The van der Waals surface area contributed by atoms with Crippen molar-refractivity contribution in [2.24, 2.45) is 0 Å². The molecule has 1 aliphatic rings. The van der Waals surface area contributed by atoms with Gasteiger partial charge in [-0.3, -0.25) is 14.9 Å². The molecule has 1 amide bonds. The van der Waals surface area contributed by atoms with Gasteiger partial charge in [0.1, 0.15) is 0 Å². The van der Waals surface area contributed by atoms with E-state index in [0.29, 0.717) is 12.1 Å². The first-order chi connectivity index (χ1) is 19.2. The highest BCUT2D eigenvalue weighted by Crippen LogP contribution is 2.33. The number of non-ortho nitro benzene ring substituents is 1. The Balaban J connectivity index is 1.38. The summed E-state index contributed by atoms with van der Waals surface area (Å²) in [5, 5.41) is 24.2. The molecule has 8 nitrogen and oxygen atoms in total. The summed E-state index contributed by atoms with van der Waals surface area (Å²) in [6.45, 7) is 5.02. The summed E-state index contributed by atoms with van der Waals surface area (Å²) in [5.41, 5.74) is 7.88. The molecule has 1 aromatic heterocycles. The highest BCUT2D eigenvalue weighted by atomic mass is 16.6. The lowest BCUT2D eigenvalue weighted by Crippen LogP contribution is -2.22. The van der Waals surface area contributed by atoms with E-state index in [1.54, 1.807) is 30.3 Å². The molecule has 8 heteroatoms. The van der Waals surface area contributed by atoms with Gasteiger partial charge >= 0.3 is 5.97 Å². The van der Waals surface area contributed by atoms with Crippen molar-refractivity contribution in [2.45, 2.75) is 39.8 Å². The zero-order valence-electron chi connectivity index (χ0n) is 22.3. The Bertz CT molecular complexity index is 1710. The average molecular weight is 536 g/mol. The quantitative estimate of drug-likeness (QED) is 0.195. The van der Waals surface area contributed by atoms with Crippen LogP contribution in [0.5, 0.6) is 0 Å². The molecule has 5 rings (SSSR count). The lowest BCUT2D eigenvalue weighted by Gasteiger charge is -2.19. The number of carbonyl (C=O) groups is 2. The lowest BCUT2D eigenvalue weighted by atomic mass is 9.91. The van der Waals surface area contributed by atoms with Gasteiger partial charge in [-0.1, -0.05) is 36.4 Å². The number of hydrogen-bond acceptors (Lipinski definition) is 4. The molecule has 0 saturated carbocycles. The minimum absolute atomic E-state index is 0.0104. The predicted octanol–water partition coefficient (Wildman–Crippen LogP) is 6.60. The van der Waals surface area contributed by atoms with Crippen molar-refractivity contribution in [3.8, 4) is 0 Å². The first-order valence-corrected chi connectivity index (χ1v) is 13.1. The second kappa shape index (κ2) is 11.0. The molecular weight excluding hydrogens is 506 g/mol. The number of allylic oxidation sites excluding steroid dienone is 4. The zero-order valence-corrected chi connectivity index (χ0v) is 22.3. The number of aryl methyl sites for hydroxylation is 1. The Morgan fingerprint density at radius 2 is 1.73 bits per heavy atom. The normalized spacial score (nSPS) is 13.1. The fraction of sp³-hybridized carbons (Fsp3) is 0.188. The molecule has 1 aliphatic carbocycles. The molecule has 0 spiro atoms. The fourth-order valence-electron chi connectivity index (χ4n) is 5.18. The number of carboxylic acid groups (broad SMARTS) is 1. The van der Waals surface area contributed by atoms with Crippen LogP contribution in [0.15, 0.2) is 84.5 Å². The smallest absolute Gasteiger partial charge is 0.335 e. The third-order valence-electron chi connectivity index (χ3n) is 7.50.